The van der Waals surface area contributed by atoms with Gasteiger partial charge in [0.15, 0.2) is 0 Å². The molecular weight excluding hydrogens is 330 g/mol. The molecule has 0 saturated carbocycles. The van der Waals surface area contributed by atoms with Crippen LogP contribution >= 0.6 is 23.1 Å². The van der Waals surface area contributed by atoms with Crippen molar-refractivity contribution in [1.82, 2.24) is 25.9 Å². The number of nitrogens with zero attached hydrogens (tertiary/aromatic N) is 2. The molecule has 0 aromatic carbocycles. The molecule has 3 rings (SSSR count). The lowest BCUT2D eigenvalue weighted by Gasteiger charge is -2.31. The highest BCUT2D eigenvalue weighted by atomic mass is 32.2. The average molecular weight is 347 g/mol. The zero-order chi connectivity index (χ0) is 16.3. The van der Waals surface area contributed by atoms with E-state index in [0.717, 1.165) is 21.8 Å². The van der Waals surface area contributed by atoms with Crippen LogP contribution in [0.25, 0.3) is 5.70 Å². The third kappa shape index (κ3) is 3.72. The van der Waals surface area contributed by atoms with Gasteiger partial charge in [-0.1, -0.05) is 11.8 Å². The van der Waals surface area contributed by atoms with E-state index in [1.165, 1.54) is 18.7 Å². The van der Waals surface area contributed by atoms with Gasteiger partial charge < -0.3 is 10.6 Å². The highest BCUT2D eigenvalue weighted by molar-refractivity contribution is 8.03. The van der Waals surface area contributed by atoms with Crippen LogP contribution in [-0.4, -0.2) is 21.0 Å². The van der Waals surface area contributed by atoms with Gasteiger partial charge in [-0.05, 0) is 24.6 Å². The molecule has 1 atom stereocenters. The van der Waals surface area contributed by atoms with Gasteiger partial charge in [-0.25, -0.2) is 4.98 Å². The normalized spacial score (nSPS) is 20.0. The summed E-state index contributed by atoms with van der Waals surface area (Å²) in [5.41, 5.74) is 4.85. The fourth-order valence-corrected chi connectivity index (χ4v) is 4.08. The monoisotopic (exact) mass is 347 g/mol. The Balaban J connectivity index is 1.74. The first-order chi connectivity index (χ1) is 11.1. The minimum atomic E-state index is -0.763. The minimum absolute atomic E-state index is 0.108. The Bertz CT molecular complexity index is 730. The number of hydrogen-bond donors (Lipinski definition) is 3. The van der Waals surface area contributed by atoms with E-state index in [9.17, 15) is 4.79 Å². The summed E-state index contributed by atoms with van der Waals surface area (Å²) in [5.74, 6) is -0.108. The lowest BCUT2D eigenvalue weighted by atomic mass is 10.3. The van der Waals surface area contributed by atoms with Gasteiger partial charge in [0.25, 0.3) is 0 Å². The highest BCUT2D eigenvalue weighted by Crippen LogP contribution is 2.35. The van der Waals surface area contributed by atoms with E-state index in [0.29, 0.717) is 6.54 Å². The van der Waals surface area contributed by atoms with Crippen LogP contribution < -0.4 is 16.0 Å². The standard InChI is InChI=1S/C15H17N5OS2/c1-10-14(22-9-17-10)13-8-23-15(20-13,19-11(2)21)18-7-12-3-5-16-6-4-12/h3-6,8-9,18,20H,7H2,1-2H3,(H,19,21). The van der Waals surface area contributed by atoms with Gasteiger partial charge in [0.1, 0.15) is 0 Å². The van der Waals surface area contributed by atoms with E-state index >= 15 is 0 Å². The minimum Gasteiger partial charge on any atom is -0.340 e. The van der Waals surface area contributed by atoms with Crippen LogP contribution in [0.15, 0.2) is 35.4 Å². The highest BCUT2D eigenvalue weighted by Gasteiger charge is 2.36. The maximum Gasteiger partial charge on any atom is 0.221 e. The molecule has 0 radical (unpaired) electrons. The molecule has 3 N–H and O–H groups in total. The largest absolute Gasteiger partial charge is 0.340 e. The van der Waals surface area contributed by atoms with Crippen molar-refractivity contribution < 1.29 is 4.79 Å². The molecule has 1 unspecified atom stereocenters. The number of nitrogens with one attached hydrogen (secondary N) is 3. The number of rotatable bonds is 5. The predicted octanol–water partition coefficient (Wildman–Crippen LogP) is 2.02. The zero-order valence-electron chi connectivity index (χ0n) is 12.8. The van der Waals surface area contributed by atoms with E-state index in [1.807, 2.05) is 30.0 Å². The van der Waals surface area contributed by atoms with E-state index in [2.05, 4.69) is 25.9 Å². The summed E-state index contributed by atoms with van der Waals surface area (Å²) < 4.78 is 0. The third-order valence-corrected chi connectivity index (χ3v) is 5.31. The van der Waals surface area contributed by atoms with Crippen molar-refractivity contribution in [3.63, 3.8) is 0 Å². The van der Waals surface area contributed by atoms with Crippen LogP contribution in [0.3, 0.4) is 0 Å². The summed E-state index contributed by atoms with van der Waals surface area (Å²) in [7, 11) is 0. The SMILES string of the molecule is CC(=O)NC1(NCc2ccncc2)NC(c2scnc2C)=CS1. The van der Waals surface area contributed by atoms with Crippen molar-refractivity contribution in [3.05, 3.63) is 51.6 Å². The maximum absolute atomic E-state index is 11.6. The molecule has 23 heavy (non-hydrogen) atoms. The quantitative estimate of drug-likeness (QED) is 0.718. The average Bonchev–Trinajstić information content (AvgIpc) is 3.13. The number of carbonyl (C=O) groups excluding carboxylic acids is 1. The van der Waals surface area contributed by atoms with Gasteiger partial charge in [-0.3, -0.25) is 15.1 Å². The Kier molecular flexibility index (Phi) is 4.65. The number of aryl methyl sites for hydroxylation is 1. The Hall–Kier alpha value is -1.90. The molecule has 3 heterocycles. The molecule has 0 aliphatic carbocycles. The lowest BCUT2D eigenvalue weighted by molar-refractivity contribution is -0.120. The third-order valence-electron chi connectivity index (χ3n) is 3.30. The number of hydrogen-bond acceptors (Lipinski definition) is 7. The molecule has 120 valence electrons. The van der Waals surface area contributed by atoms with Crippen molar-refractivity contribution in [2.45, 2.75) is 25.5 Å². The Morgan fingerprint density at radius 3 is 2.83 bits per heavy atom. The molecule has 1 aliphatic heterocycles. The fourth-order valence-electron chi connectivity index (χ4n) is 2.23. The van der Waals surface area contributed by atoms with E-state index < -0.39 is 5.12 Å². The molecule has 2 aromatic heterocycles. The number of aromatic nitrogens is 2. The van der Waals surface area contributed by atoms with E-state index in [1.54, 1.807) is 23.7 Å². The van der Waals surface area contributed by atoms with Crippen molar-refractivity contribution in [3.8, 4) is 0 Å². The van der Waals surface area contributed by atoms with Gasteiger partial charge in [0.2, 0.25) is 11.0 Å². The topological polar surface area (TPSA) is 78.9 Å². The predicted molar refractivity (Wildman–Crippen MR) is 93.2 cm³/mol. The molecule has 2 aromatic rings. The molecule has 1 amide bonds. The number of carbonyl (C=O) groups is 1. The van der Waals surface area contributed by atoms with Gasteiger partial charge in [0, 0.05) is 31.3 Å². The number of amides is 1. The lowest BCUT2D eigenvalue weighted by Crippen LogP contribution is -2.62. The first kappa shape index (κ1) is 16.0. The van der Waals surface area contributed by atoms with Crippen LogP contribution in [0.4, 0.5) is 0 Å². The molecule has 6 nitrogen and oxygen atoms in total. The summed E-state index contributed by atoms with van der Waals surface area (Å²) >= 11 is 3.08. The van der Waals surface area contributed by atoms with Crippen LogP contribution in [0, 0.1) is 6.92 Å². The maximum atomic E-state index is 11.6. The second-order valence-corrected chi connectivity index (χ2v) is 7.05. The molecule has 8 heteroatoms. The number of thioether (sulfide) groups is 1. The second-order valence-electron chi connectivity index (χ2n) is 5.11. The van der Waals surface area contributed by atoms with Gasteiger partial charge >= 0.3 is 0 Å². The van der Waals surface area contributed by atoms with Crippen LogP contribution in [0.5, 0.6) is 0 Å². The molecule has 0 fully saturated rings. The van der Waals surface area contributed by atoms with Crippen molar-refractivity contribution in [1.29, 1.82) is 0 Å². The van der Waals surface area contributed by atoms with Crippen molar-refractivity contribution in [2.75, 3.05) is 0 Å². The van der Waals surface area contributed by atoms with Crippen molar-refractivity contribution >= 4 is 34.7 Å². The van der Waals surface area contributed by atoms with Crippen LogP contribution in [-0.2, 0) is 11.3 Å². The van der Waals surface area contributed by atoms with E-state index in [-0.39, 0.29) is 5.91 Å². The summed E-state index contributed by atoms with van der Waals surface area (Å²) in [6.07, 6.45) is 3.50. The van der Waals surface area contributed by atoms with E-state index in [4.69, 9.17) is 0 Å². The number of pyridine rings is 1. The molecule has 0 bridgehead atoms. The summed E-state index contributed by atoms with van der Waals surface area (Å²) in [6.45, 7) is 4.08. The molecule has 0 spiro atoms. The van der Waals surface area contributed by atoms with Crippen molar-refractivity contribution in [2.24, 2.45) is 0 Å². The van der Waals surface area contributed by atoms with Crippen LogP contribution in [0.1, 0.15) is 23.1 Å². The Morgan fingerprint density at radius 1 is 1.39 bits per heavy atom. The summed E-state index contributed by atoms with van der Waals surface area (Å²) in [6, 6.07) is 3.88. The first-order valence-electron chi connectivity index (χ1n) is 7.07. The summed E-state index contributed by atoms with van der Waals surface area (Å²) in [4.78, 5) is 21.0. The van der Waals surface area contributed by atoms with Gasteiger partial charge in [-0.2, -0.15) is 0 Å². The molecule has 0 saturated heterocycles. The summed E-state index contributed by atoms with van der Waals surface area (Å²) in [5, 5.41) is 11.0. The molecular formula is C15H17N5OS2. The smallest absolute Gasteiger partial charge is 0.221 e. The second kappa shape index (κ2) is 6.69. The van der Waals surface area contributed by atoms with Gasteiger partial charge in [-0.15, -0.1) is 11.3 Å². The van der Waals surface area contributed by atoms with Gasteiger partial charge in [0.05, 0.1) is 21.8 Å². The first-order valence-corrected chi connectivity index (χ1v) is 8.83. The fraction of sp³-hybridized carbons (Fsp3) is 0.267. The Labute approximate surface area is 142 Å². The zero-order valence-corrected chi connectivity index (χ0v) is 14.4. The van der Waals surface area contributed by atoms with Crippen LogP contribution in [0.2, 0.25) is 0 Å². The molecule has 1 aliphatic rings. The number of thiazole rings is 1. The Morgan fingerprint density at radius 2 is 2.17 bits per heavy atom.